The molecule has 7 nitrogen and oxygen atoms in total. The number of ketones is 1. The van der Waals surface area contributed by atoms with E-state index in [-0.39, 0.29) is 5.78 Å². The molecule has 0 amide bonds. The van der Waals surface area contributed by atoms with Crippen LogP contribution >= 0.6 is 0 Å². The first-order valence-corrected chi connectivity index (χ1v) is 14.1. The second-order valence-corrected chi connectivity index (χ2v) is 12.3. The first-order chi connectivity index (χ1) is 18.7. The van der Waals surface area contributed by atoms with E-state index < -0.39 is 52.0 Å². The van der Waals surface area contributed by atoms with Crippen LogP contribution < -0.4 is 0 Å². The highest BCUT2D eigenvalue weighted by Crippen LogP contribution is 2.66. The van der Waals surface area contributed by atoms with Crippen molar-refractivity contribution in [1.82, 2.24) is 0 Å². The van der Waals surface area contributed by atoms with Gasteiger partial charge in [0, 0.05) is 5.41 Å². The minimum absolute atomic E-state index is 0.149. The lowest BCUT2D eigenvalue weighted by molar-refractivity contribution is -0.174. The minimum atomic E-state index is -1.20. The lowest BCUT2D eigenvalue weighted by Gasteiger charge is -2.61. The zero-order valence-corrected chi connectivity index (χ0v) is 25.5. The fourth-order valence-corrected chi connectivity index (χ4v) is 7.87. The summed E-state index contributed by atoms with van der Waals surface area (Å²) in [5, 5.41) is 20.9. The van der Waals surface area contributed by atoms with Gasteiger partial charge in [-0.3, -0.25) is 14.4 Å². The van der Waals surface area contributed by atoms with E-state index in [0.717, 1.165) is 17.6 Å². The van der Waals surface area contributed by atoms with Crippen molar-refractivity contribution in [3.05, 3.63) is 60.6 Å². The molecular weight excluding hydrogens is 508 g/mol. The normalized spacial score (nSPS) is 33.8. The third-order valence-corrected chi connectivity index (χ3v) is 9.79. The van der Waals surface area contributed by atoms with E-state index in [1.165, 1.54) is 24.8 Å². The Balaban J connectivity index is 0.000000475. The quantitative estimate of drug-likeness (QED) is 0.305. The van der Waals surface area contributed by atoms with E-state index in [1.54, 1.807) is 26.4 Å². The van der Waals surface area contributed by atoms with Crippen molar-refractivity contribution in [2.24, 2.45) is 34.0 Å². The van der Waals surface area contributed by atoms with Crippen molar-refractivity contribution >= 4 is 17.7 Å². The molecule has 0 spiro atoms. The molecule has 0 bridgehead atoms. The molecule has 1 fully saturated rings. The molecule has 0 saturated heterocycles. The number of aliphatic hydroxyl groups excluding tert-OH is 1. The van der Waals surface area contributed by atoms with Crippen LogP contribution in [-0.2, 0) is 19.1 Å². The SMILES string of the molecule is C=C.CC(C)c1ccoc1.COC(=O)C(C)[C@@H]1[C@@]2(C)C(=O)C=C[C@@](C)(C(=O)O)[C@@H]2CC[C@@]1(C)C1=C(C)CC[C@H]1O. The highest BCUT2D eigenvalue weighted by molar-refractivity contribution is 5.99. The maximum Gasteiger partial charge on any atom is 0.313 e. The molecular formula is C33H48O7. The summed E-state index contributed by atoms with van der Waals surface area (Å²) in [6, 6.07) is 1.99. The molecule has 0 radical (unpaired) electrons. The molecule has 222 valence electrons. The van der Waals surface area contributed by atoms with Gasteiger partial charge in [-0.05, 0) is 86.0 Å². The zero-order chi connectivity index (χ0) is 30.6. The third kappa shape index (κ3) is 5.63. The number of carbonyl (C=O) groups is 3. The van der Waals surface area contributed by atoms with Gasteiger partial charge in [0.25, 0.3) is 0 Å². The number of ether oxygens (including phenoxy) is 1. The number of aliphatic hydroxyl groups is 1. The maximum absolute atomic E-state index is 13.4. The number of carbonyl (C=O) groups excluding carboxylic acids is 2. The minimum Gasteiger partial charge on any atom is -0.481 e. The van der Waals surface area contributed by atoms with Gasteiger partial charge in [0.05, 0.1) is 37.1 Å². The van der Waals surface area contributed by atoms with Gasteiger partial charge >= 0.3 is 11.9 Å². The van der Waals surface area contributed by atoms with Crippen LogP contribution in [0.2, 0.25) is 0 Å². The number of allylic oxidation sites excluding steroid dienone is 2. The number of aliphatic carboxylic acids is 1. The highest BCUT2D eigenvalue weighted by atomic mass is 16.5. The van der Waals surface area contributed by atoms with Crippen molar-refractivity contribution in [2.45, 2.75) is 86.2 Å². The Hall–Kier alpha value is -2.93. The summed E-state index contributed by atoms with van der Waals surface area (Å²) in [5.74, 6) is -2.52. The second kappa shape index (κ2) is 12.7. The number of carboxylic acid groups (broad SMARTS) is 1. The summed E-state index contributed by atoms with van der Waals surface area (Å²) in [6.07, 6.45) is 8.33. The Morgan fingerprint density at radius 2 is 1.77 bits per heavy atom. The topological polar surface area (TPSA) is 114 Å². The lowest BCUT2D eigenvalue weighted by Crippen LogP contribution is -2.62. The molecule has 2 N–H and O–H groups in total. The Morgan fingerprint density at radius 1 is 1.15 bits per heavy atom. The van der Waals surface area contributed by atoms with Crippen molar-refractivity contribution in [2.75, 3.05) is 7.11 Å². The molecule has 7 heteroatoms. The molecule has 3 aliphatic rings. The van der Waals surface area contributed by atoms with Crippen molar-refractivity contribution < 1.29 is 33.8 Å². The van der Waals surface area contributed by atoms with Crippen LogP contribution in [0.4, 0.5) is 0 Å². The van der Waals surface area contributed by atoms with Crippen LogP contribution in [0.3, 0.4) is 0 Å². The molecule has 3 aliphatic carbocycles. The van der Waals surface area contributed by atoms with Gasteiger partial charge in [-0.2, -0.15) is 0 Å². The highest BCUT2D eigenvalue weighted by Gasteiger charge is 2.66. The van der Waals surface area contributed by atoms with Gasteiger partial charge in [0.1, 0.15) is 0 Å². The summed E-state index contributed by atoms with van der Waals surface area (Å²) in [7, 11) is 1.33. The number of methoxy groups -OCH3 is 1. The molecule has 4 rings (SSSR count). The molecule has 1 heterocycles. The van der Waals surface area contributed by atoms with Crippen molar-refractivity contribution in [3.8, 4) is 0 Å². The lowest BCUT2D eigenvalue weighted by atomic mass is 9.41. The fourth-order valence-electron chi connectivity index (χ4n) is 7.87. The number of hydrogen-bond donors (Lipinski definition) is 2. The number of furan rings is 1. The summed E-state index contributed by atoms with van der Waals surface area (Å²) in [5.41, 5.74) is 0.411. The maximum atomic E-state index is 13.4. The second-order valence-electron chi connectivity index (χ2n) is 12.3. The predicted octanol–water partition coefficient (Wildman–Crippen LogP) is 6.74. The van der Waals surface area contributed by atoms with Gasteiger partial charge in [-0.1, -0.05) is 46.3 Å². The van der Waals surface area contributed by atoms with Gasteiger partial charge in [0.15, 0.2) is 5.78 Å². The molecule has 7 atom stereocenters. The van der Waals surface area contributed by atoms with E-state index in [4.69, 9.17) is 9.15 Å². The van der Waals surface area contributed by atoms with Crippen LogP contribution in [-0.4, -0.2) is 41.1 Å². The van der Waals surface area contributed by atoms with Gasteiger partial charge < -0.3 is 19.4 Å². The smallest absolute Gasteiger partial charge is 0.313 e. The summed E-state index contributed by atoms with van der Waals surface area (Å²) in [6.45, 7) is 19.6. The largest absolute Gasteiger partial charge is 0.481 e. The Morgan fingerprint density at radius 3 is 2.20 bits per heavy atom. The van der Waals surface area contributed by atoms with Crippen molar-refractivity contribution in [1.29, 1.82) is 0 Å². The predicted molar refractivity (Wildman–Crippen MR) is 155 cm³/mol. The number of esters is 1. The Labute approximate surface area is 239 Å². The zero-order valence-electron chi connectivity index (χ0n) is 25.5. The summed E-state index contributed by atoms with van der Waals surface area (Å²) in [4.78, 5) is 38.5. The standard InChI is InChI=1S/C24H34O6.C7H10O.C2H4/c1-13-7-8-15(25)18(13)23(4)11-9-16-22(3,21(28)29)12-10-17(26)24(16,5)19(23)14(2)20(27)30-6;1-6(2)7-3-4-8-5-7;1-2/h10,12,14-16,19,25H,7-9,11H2,1-6H3,(H,28,29);3-6H,1-2H3;1-2H2/t14?,15-,16+,19+,22-,23+,24-;;/m1../s1. The van der Waals surface area contributed by atoms with E-state index in [1.807, 2.05) is 26.8 Å². The third-order valence-electron chi connectivity index (χ3n) is 9.79. The van der Waals surface area contributed by atoms with Crippen LogP contribution in [0.5, 0.6) is 0 Å². The average molecular weight is 557 g/mol. The van der Waals surface area contributed by atoms with E-state index >= 15 is 0 Å². The molecule has 0 aliphatic heterocycles. The molecule has 0 aromatic carbocycles. The van der Waals surface area contributed by atoms with E-state index in [9.17, 15) is 24.6 Å². The van der Waals surface area contributed by atoms with E-state index in [2.05, 4.69) is 27.0 Å². The summed E-state index contributed by atoms with van der Waals surface area (Å²) >= 11 is 0. The van der Waals surface area contributed by atoms with Crippen LogP contribution in [0.25, 0.3) is 0 Å². The summed E-state index contributed by atoms with van der Waals surface area (Å²) < 4.78 is 9.95. The average Bonchev–Trinajstić information content (AvgIpc) is 3.57. The number of fused-ring (bicyclic) bond motifs is 1. The van der Waals surface area contributed by atoms with Gasteiger partial charge in [0.2, 0.25) is 0 Å². The van der Waals surface area contributed by atoms with Crippen LogP contribution in [0.1, 0.15) is 85.6 Å². The molecule has 1 unspecified atom stereocenters. The first-order valence-electron chi connectivity index (χ1n) is 14.1. The van der Waals surface area contributed by atoms with Gasteiger partial charge in [-0.15, -0.1) is 13.2 Å². The molecule has 1 aromatic rings. The Kier molecular flexibility index (Phi) is 10.6. The van der Waals surface area contributed by atoms with Crippen LogP contribution in [0.15, 0.2) is 59.5 Å². The molecule has 1 aromatic heterocycles. The number of hydrogen-bond acceptors (Lipinski definition) is 6. The first kappa shape index (κ1) is 33.3. The van der Waals surface area contributed by atoms with Gasteiger partial charge in [-0.25, -0.2) is 0 Å². The fraction of sp³-hybridized carbons (Fsp3) is 0.606. The number of rotatable bonds is 5. The number of carboxylic acids is 1. The molecule has 40 heavy (non-hydrogen) atoms. The van der Waals surface area contributed by atoms with E-state index in [0.29, 0.717) is 25.2 Å². The van der Waals surface area contributed by atoms with Crippen molar-refractivity contribution in [3.63, 3.8) is 0 Å². The molecule has 1 saturated carbocycles. The van der Waals surface area contributed by atoms with Crippen LogP contribution in [0, 0.1) is 34.0 Å². The Bertz CT molecular complexity index is 1130. The monoisotopic (exact) mass is 556 g/mol.